The van der Waals surface area contributed by atoms with Gasteiger partial charge in [-0.3, -0.25) is 9.69 Å². The van der Waals surface area contributed by atoms with Crippen molar-refractivity contribution >= 4 is 34.1 Å². The van der Waals surface area contributed by atoms with Crippen LogP contribution in [0.15, 0.2) is 79.0 Å². The number of aromatic amines is 1. The smallest absolute Gasteiger partial charge is 0.258 e. The highest BCUT2D eigenvalue weighted by molar-refractivity contribution is 6.30. The van der Waals surface area contributed by atoms with Gasteiger partial charge in [-0.15, -0.1) is 0 Å². The van der Waals surface area contributed by atoms with Gasteiger partial charge in [-0.2, -0.15) is 0 Å². The number of nitrogens with zero attached hydrogens (tertiary/aromatic N) is 2. The van der Waals surface area contributed by atoms with Gasteiger partial charge in [0.2, 0.25) is 0 Å². The van der Waals surface area contributed by atoms with E-state index in [9.17, 15) is 4.79 Å². The molecule has 34 heavy (non-hydrogen) atoms. The number of nitrogens with one attached hydrogen (secondary N) is 1. The molecule has 2 aliphatic rings. The third-order valence-electron chi connectivity index (χ3n) is 7.66. The number of carbonyl (C=O) groups is 1. The molecule has 0 atom stereocenters. The van der Waals surface area contributed by atoms with Crippen LogP contribution in [0, 0.1) is 5.41 Å². The first kappa shape index (κ1) is 21.5. The molecular formula is C29H28ClN3O. The summed E-state index contributed by atoms with van der Waals surface area (Å²) in [6, 6.07) is 24.2. The minimum absolute atomic E-state index is 0.0596. The Kier molecular flexibility index (Phi) is 5.43. The zero-order chi connectivity index (χ0) is 23.1. The van der Waals surface area contributed by atoms with Gasteiger partial charge in [-0.1, -0.05) is 48.0 Å². The van der Waals surface area contributed by atoms with E-state index in [1.807, 2.05) is 23.1 Å². The highest BCUT2D eigenvalue weighted by Gasteiger charge is 2.42. The Hall–Kier alpha value is -3.08. The van der Waals surface area contributed by atoms with E-state index in [0.29, 0.717) is 10.6 Å². The summed E-state index contributed by atoms with van der Waals surface area (Å²) in [5.74, 6) is 0.0596. The van der Waals surface area contributed by atoms with E-state index < -0.39 is 0 Å². The first-order valence-corrected chi connectivity index (χ1v) is 12.4. The normalized spacial score (nSPS) is 17.7. The van der Waals surface area contributed by atoms with Gasteiger partial charge in [0.15, 0.2) is 0 Å². The molecule has 3 heterocycles. The summed E-state index contributed by atoms with van der Waals surface area (Å²) in [6.07, 6.45) is 5.37. The lowest BCUT2D eigenvalue weighted by atomic mass is 9.70. The van der Waals surface area contributed by atoms with Crippen LogP contribution in [-0.4, -0.2) is 35.4 Å². The van der Waals surface area contributed by atoms with Crippen molar-refractivity contribution in [2.24, 2.45) is 5.41 Å². The number of benzene rings is 3. The second-order valence-electron chi connectivity index (χ2n) is 9.84. The summed E-state index contributed by atoms with van der Waals surface area (Å²) in [6.45, 7) is 3.83. The van der Waals surface area contributed by atoms with E-state index in [4.69, 9.17) is 11.6 Å². The molecule has 1 saturated heterocycles. The first-order valence-electron chi connectivity index (χ1n) is 12.0. The minimum Gasteiger partial charge on any atom is -0.361 e. The van der Waals surface area contributed by atoms with Crippen LogP contribution in [0.25, 0.3) is 10.9 Å². The molecule has 0 bridgehead atoms. The van der Waals surface area contributed by atoms with Crippen LogP contribution in [0.5, 0.6) is 0 Å². The molecule has 1 spiro atoms. The van der Waals surface area contributed by atoms with Crippen LogP contribution in [0.1, 0.15) is 34.3 Å². The van der Waals surface area contributed by atoms with Crippen molar-refractivity contribution in [3.63, 3.8) is 0 Å². The van der Waals surface area contributed by atoms with E-state index >= 15 is 0 Å². The van der Waals surface area contributed by atoms with Crippen molar-refractivity contribution in [3.05, 3.63) is 101 Å². The highest BCUT2D eigenvalue weighted by Crippen LogP contribution is 2.44. The lowest BCUT2D eigenvalue weighted by molar-refractivity contribution is 0.0849. The zero-order valence-electron chi connectivity index (χ0n) is 19.1. The number of H-pyrrole nitrogens is 1. The van der Waals surface area contributed by atoms with Crippen molar-refractivity contribution in [3.8, 4) is 0 Å². The fourth-order valence-corrected chi connectivity index (χ4v) is 5.88. The number of hydrogen-bond donors (Lipinski definition) is 1. The molecule has 3 aromatic carbocycles. The van der Waals surface area contributed by atoms with Crippen LogP contribution < -0.4 is 4.90 Å². The largest absolute Gasteiger partial charge is 0.361 e. The quantitative estimate of drug-likeness (QED) is 0.382. The average molecular weight is 470 g/mol. The van der Waals surface area contributed by atoms with Gasteiger partial charge in [0.05, 0.1) is 0 Å². The fourth-order valence-electron chi connectivity index (χ4n) is 5.76. The maximum atomic E-state index is 13.6. The van der Waals surface area contributed by atoms with Crippen LogP contribution >= 0.6 is 11.6 Å². The molecule has 1 N–H and O–H groups in total. The van der Waals surface area contributed by atoms with Gasteiger partial charge in [0.1, 0.15) is 0 Å². The summed E-state index contributed by atoms with van der Waals surface area (Å²) >= 11 is 6.06. The number of para-hydroxylation sites is 2. The molecule has 1 fully saturated rings. The number of likely N-dealkylation sites (tertiary alicyclic amines) is 1. The SMILES string of the molecule is O=C(c1ccc(Cl)cc1)N1CC2(CCN(Cc3c[nH]c4ccccc34)CC2)Cc2ccccc21. The fraction of sp³-hybridized carbons (Fsp3) is 0.276. The number of halogens is 1. The van der Waals surface area contributed by atoms with E-state index in [1.54, 1.807) is 12.1 Å². The standard InChI is InChI=1S/C29H28ClN3O/c30-24-11-9-21(10-12-24)28(34)33-20-29(17-22-5-1-4-8-27(22)33)13-15-32(16-14-29)19-23-18-31-26-7-3-2-6-25(23)26/h1-12,18,31H,13-17,19-20H2. The molecule has 4 aromatic rings. The Bertz CT molecular complexity index is 1340. The van der Waals surface area contributed by atoms with Gasteiger partial charge in [0.25, 0.3) is 5.91 Å². The number of fused-ring (bicyclic) bond motifs is 2. The predicted octanol–water partition coefficient (Wildman–Crippen LogP) is 6.31. The third kappa shape index (κ3) is 3.91. The Morgan fingerprint density at radius 3 is 2.50 bits per heavy atom. The van der Waals surface area contributed by atoms with Crippen molar-refractivity contribution < 1.29 is 4.79 Å². The lowest BCUT2D eigenvalue weighted by Gasteiger charge is -2.48. The summed E-state index contributed by atoms with van der Waals surface area (Å²) in [7, 11) is 0. The van der Waals surface area contributed by atoms with Gasteiger partial charge < -0.3 is 9.88 Å². The summed E-state index contributed by atoms with van der Waals surface area (Å²) in [5.41, 5.74) is 5.70. The summed E-state index contributed by atoms with van der Waals surface area (Å²) in [5, 5.41) is 1.96. The second-order valence-corrected chi connectivity index (χ2v) is 10.3. The number of anilines is 1. The molecule has 4 nitrogen and oxygen atoms in total. The predicted molar refractivity (Wildman–Crippen MR) is 139 cm³/mol. The minimum atomic E-state index is 0.0596. The van der Waals surface area contributed by atoms with Crippen LogP contribution in [0.3, 0.4) is 0 Å². The Morgan fingerprint density at radius 1 is 0.941 bits per heavy atom. The van der Waals surface area contributed by atoms with Gasteiger partial charge in [0, 0.05) is 46.5 Å². The number of amides is 1. The Morgan fingerprint density at radius 2 is 1.68 bits per heavy atom. The number of carbonyl (C=O) groups excluding carboxylic acids is 1. The van der Waals surface area contributed by atoms with Crippen LogP contribution in [0.4, 0.5) is 5.69 Å². The number of aromatic nitrogens is 1. The van der Waals surface area contributed by atoms with Crippen LogP contribution in [-0.2, 0) is 13.0 Å². The molecule has 2 aliphatic heterocycles. The molecule has 1 amide bonds. The van der Waals surface area contributed by atoms with E-state index in [1.165, 1.54) is 22.0 Å². The van der Waals surface area contributed by atoms with Crippen LogP contribution in [0.2, 0.25) is 5.02 Å². The first-order chi connectivity index (χ1) is 16.6. The molecule has 172 valence electrons. The molecule has 0 radical (unpaired) electrons. The second kappa shape index (κ2) is 8.61. The lowest BCUT2D eigenvalue weighted by Crippen LogP contribution is -2.51. The van der Waals surface area contributed by atoms with Gasteiger partial charge in [-0.05, 0) is 85.3 Å². The summed E-state index contributed by atoms with van der Waals surface area (Å²) < 4.78 is 0. The van der Waals surface area contributed by atoms with Crippen molar-refractivity contribution in [2.45, 2.75) is 25.8 Å². The molecule has 6 rings (SSSR count). The summed E-state index contributed by atoms with van der Waals surface area (Å²) in [4.78, 5) is 21.5. The van der Waals surface area contributed by atoms with Crippen molar-refractivity contribution in [2.75, 3.05) is 24.5 Å². The molecule has 1 aromatic heterocycles. The van der Waals surface area contributed by atoms with Gasteiger partial charge in [-0.25, -0.2) is 0 Å². The number of hydrogen-bond acceptors (Lipinski definition) is 2. The maximum Gasteiger partial charge on any atom is 0.258 e. The molecule has 0 saturated carbocycles. The average Bonchev–Trinajstić information content (AvgIpc) is 3.28. The van der Waals surface area contributed by atoms with Crippen molar-refractivity contribution in [1.82, 2.24) is 9.88 Å². The monoisotopic (exact) mass is 469 g/mol. The van der Waals surface area contributed by atoms with E-state index in [0.717, 1.165) is 51.1 Å². The Balaban J connectivity index is 1.22. The molecule has 0 unspecified atom stereocenters. The zero-order valence-corrected chi connectivity index (χ0v) is 19.9. The highest BCUT2D eigenvalue weighted by atomic mass is 35.5. The van der Waals surface area contributed by atoms with E-state index in [2.05, 4.69) is 58.5 Å². The maximum absolute atomic E-state index is 13.6. The number of piperidine rings is 1. The van der Waals surface area contributed by atoms with Gasteiger partial charge >= 0.3 is 0 Å². The third-order valence-corrected chi connectivity index (χ3v) is 7.92. The van der Waals surface area contributed by atoms with Crippen molar-refractivity contribution in [1.29, 1.82) is 0 Å². The Labute approximate surface area is 205 Å². The van der Waals surface area contributed by atoms with E-state index in [-0.39, 0.29) is 11.3 Å². The number of rotatable bonds is 3. The topological polar surface area (TPSA) is 39.3 Å². The molecule has 0 aliphatic carbocycles. The molecular weight excluding hydrogens is 442 g/mol. The molecule has 5 heteroatoms.